The second kappa shape index (κ2) is 6.30. The summed E-state index contributed by atoms with van der Waals surface area (Å²) in [7, 11) is 0. The predicted octanol–water partition coefficient (Wildman–Crippen LogP) is 1.09. The molecule has 21 heavy (non-hydrogen) atoms. The third kappa shape index (κ3) is 3.53. The summed E-state index contributed by atoms with van der Waals surface area (Å²) in [6.45, 7) is 1.29. The smallest absolute Gasteiger partial charge is 0.316 e. The van der Waals surface area contributed by atoms with Crippen LogP contribution in [0.25, 0.3) is 0 Å². The van der Waals surface area contributed by atoms with E-state index in [2.05, 4.69) is 15.0 Å². The van der Waals surface area contributed by atoms with Gasteiger partial charge in [0.1, 0.15) is 6.10 Å². The second-order valence-electron chi connectivity index (χ2n) is 4.94. The van der Waals surface area contributed by atoms with Crippen LogP contribution < -0.4 is 4.74 Å². The molecule has 1 aliphatic heterocycles. The van der Waals surface area contributed by atoms with Crippen molar-refractivity contribution in [3.63, 3.8) is 0 Å². The summed E-state index contributed by atoms with van der Waals surface area (Å²) in [5.74, 6) is 0.100. The average molecular weight is 284 g/mol. The Hall–Kier alpha value is -2.50. The molecule has 0 bridgehead atoms. The number of ether oxygens (including phenoxy) is 1. The van der Waals surface area contributed by atoms with Crippen molar-refractivity contribution in [1.82, 2.24) is 19.9 Å². The molecule has 1 fully saturated rings. The Morgan fingerprint density at radius 1 is 1.29 bits per heavy atom. The number of hydrogen-bond donors (Lipinski definition) is 0. The van der Waals surface area contributed by atoms with Crippen molar-refractivity contribution in [3.8, 4) is 6.01 Å². The van der Waals surface area contributed by atoms with Gasteiger partial charge in [-0.3, -0.25) is 9.78 Å². The molecule has 0 saturated carbocycles. The minimum atomic E-state index is -0.0368. The van der Waals surface area contributed by atoms with Gasteiger partial charge >= 0.3 is 6.01 Å². The SMILES string of the molecule is O=C(Cc1cccnc1)N1CC[C@@H](Oc2ncccn2)C1. The molecular formula is C15H16N4O2. The lowest BCUT2D eigenvalue weighted by Gasteiger charge is -2.16. The lowest BCUT2D eigenvalue weighted by molar-refractivity contribution is -0.129. The number of hydrogen-bond acceptors (Lipinski definition) is 5. The molecule has 3 heterocycles. The third-order valence-electron chi connectivity index (χ3n) is 3.39. The van der Waals surface area contributed by atoms with E-state index in [1.807, 2.05) is 17.0 Å². The van der Waals surface area contributed by atoms with Gasteiger partial charge in [-0.15, -0.1) is 0 Å². The predicted molar refractivity (Wildman–Crippen MR) is 75.6 cm³/mol. The number of rotatable bonds is 4. The van der Waals surface area contributed by atoms with Crippen molar-refractivity contribution in [2.75, 3.05) is 13.1 Å². The van der Waals surface area contributed by atoms with E-state index in [-0.39, 0.29) is 12.0 Å². The van der Waals surface area contributed by atoms with Crippen molar-refractivity contribution in [2.24, 2.45) is 0 Å². The van der Waals surface area contributed by atoms with Crippen molar-refractivity contribution < 1.29 is 9.53 Å². The van der Waals surface area contributed by atoms with Crippen LogP contribution in [0.5, 0.6) is 6.01 Å². The molecule has 1 saturated heterocycles. The first kappa shape index (κ1) is 13.5. The highest BCUT2D eigenvalue weighted by atomic mass is 16.5. The molecule has 6 heteroatoms. The minimum Gasteiger partial charge on any atom is -0.458 e. The topological polar surface area (TPSA) is 68.2 Å². The van der Waals surface area contributed by atoms with E-state index < -0.39 is 0 Å². The average Bonchev–Trinajstić information content (AvgIpc) is 2.98. The molecule has 0 unspecified atom stereocenters. The van der Waals surface area contributed by atoms with Crippen LogP contribution in [0.3, 0.4) is 0 Å². The molecule has 0 radical (unpaired) electrons. The van der Waals surface area contributed by atoms with E-state index in [1.165, 1.54) is 0 Å². The highest BCUT2D eigenvalue weighted by molar-refractivity contribution is 5.79. The zero-order valence-electron chi connectivity index (χ0n) is 11.6. The van der Waals surface area contributed by atoms with Crippen LogP contribution in [0.2, 0.25) is 0 Å². The monoisotopic (exact) mass is 284 g/mol. The third-order valence-corrected chi connectivity index (χ3v) is 3.39. The Balaban J connectivity index is 1.53. The minimum absolute atomic E-state index is 0.0368. The molecular weight excluding hydrogens is 268 g/mol. The summed E-state index contributed by atoms with van der Waals surface area (Å²) in [6.07, 6.45) is 7.85. The normalized spacial score (nSPS) is 17.7. The molecule has 0 aromatic carbocycles. The van der Waals surface area contributed by atoms with Crippen molar-refractivity contribution in [1.29, 1.82) is 0 Å². The number of carbonyl (C=O) groups excluding carboxylic acids is 1. The highest BCUT2D eigenvalue weighted by Crippen LogP contribution is 2.15. The van der Waals surface area contributed by atoms with E-state index in [0.29, 0.717) is 25.5 Å². The van der Waals surface area contributed by atoms with Gasteiger partial charge in [0.2, 0.25) is 5.91 Å². The van der Waals surface area contributed by atoms with Crippen LogP contribution in [-0.4, -0.2) is 45.0 Å². The van der Waals surface area contributed by atoms with Gasteiger partial charge in [-0.2, -0.15) is 0 Å². The molecule has 1 atom stereocenters. The maximum absolute atomic E-state index is 12.2. The zero-order chi connectivity index (χ0) is 14.5. The van der Waals surface area contributed by atoms with Gasteiger partial charge in [-0.25, -0.2) is 9.97 Å². The summed E-state index contributed by atoms with van der Waals surface area (Å²) in [4.78, 5) is 26.1. The Morgan fingerprint density at radius 3 is 2.90 bits per heavy atom. The van der Waals surface area contributed by atoms with E-state index in [0.717, 1.165) is 12.0 Å². The van der Waals surface area contributed by atoms with Gasteiger partial charge in [-0.1, -0.05) is 6.07 Å². The van der Waals surface area contributed by atoms with Crippen LogP contribution in [0.15, 0.2) is 43.0 Å². The van der Waals surface area contributed by atoms with E-state index >= 15 is 0 Å². The summed E-state index contributed by atoms with van der Waals surface area (Å²) in [6, 6.07) is 5.85. The van der Waals surface area contributed by atoms with Crippen LogP contribution in [0.1, 0.15) is 12.0 Å². The first-order chi connectivity index (χ1) is 10.3. The van der Waals surface area contributed by atoms with Crippen LogP contribution in [0, 0.1) is 0 Å². The Bertz CT molecular complexity index is 591. The van der Waals surface area contributed by atoms with E-state index in [1.54, 1.807) is 30.9 Å². The lowest BCUT2D eigenvalue weighted by Crippen LogP contribution is -2.32. The molecule has 3 rings (SSSR count). The van der Waals surface area contributed by atoms with E-state index in [9.17, 15) is 4.79 Å². The number of nitrogens with zero attached hydrogens (tertiary/aromatic N) is 4. The molecule has 1 aliphatic rings. The van der Waals surface area contributed by atoms with E-state index in [4.69, 9.17) is 4.74 Å². The van der Waals surface area contributed by atoms with Crippen LogP contribution in [-0.2, 0) is 11.2 Å². The first-order valence-corrected chi connectivity index (χ1v) is 6.91. The van der Waals surface area contributed by atoms with Crippen molar-refractivity contribution in [2.45, 2.75) is 18.9 Å². The highest BCUT2D eigenvalue weighted by Gasteiger charge is 2.28. The number of pyridine rings is 1. The van der Waals surface area contributed by atoms with Gasteiger partial charge in [-0.05, 0) is 17.7 Å². The standard InChI is InChI=1S/C15H16N4O2/c20-14(9-12-3-1-5-16-10-12)19-8-4-13(11-19)21-15-17-6-2-7-18-15/h1-3,5-7,10,13H,4,8-9,11H2/t13-/m1/s1. The maximum Gasteiger partial charge on any atom is 0.316 e. The fourth-order valence-electron chi connectivity index (χ4n) is 2.34. The van der Waals surface area contributed by atoms with Crippen LogP contribution >= 0.6 is 0 Å². The number of amides is 1. The molecule has 0 N–H and O–H groups in total. The maximum atomic E-state index is 12.2. The summed E-state index contributed by atoms with van der Waals surface area (Å²) in [5.41, 5.74) is 0.929. The van der Waals surface area contributed by atoms with Crippen LogP contribution in [0.4, 0.5) is 0 Å². The van der Waals surface area contributed by atoms with Gasteiger partial charge in [0, 0.05) is 37.8 Å². The Labute approximate surface area is 122 Å². The van der Waals surface area contributed by atoms with Crippen molar-refractivity contribution in [3.05, 3.63) is 48.5 Å². The lowest BCUT2D eigenvalue weighted by atomic mass is 10.2. The van der Waals surface area contributed by atoms with Gasteiger partial charge in [0.15, 0.2) is 0 Å². The molecule has 0 aliphatic carbocycles. The molecule has 2 aromatic heterocycles. The number of carbonyl (C=O) groups is 1. The largest absolute Gasteiger partial charge is 0.458 e. The molecule has 108 valence electrons. The van der Waals surface area contributed by atoms with Gasteiger partial charge < -0.3 is 9.64 Å². The fourth-order valence-corrected chi connectivity index (χ4v) is 2.34. The number of likely N-dealkylation sites (tertiary alicyclic amines) is 1. The Kier molecular flexibility index (Phi) is 4.04. The molecule has 0 spiro atoms. The summed E-state index contributed by atoms with van der Waals surface area (Å²) in [5, 5.41) is 0. The van der Waals surface area contributed by atoms with Gasteiger partial charge in [0.05, 0.1) is 13.0 Å². The van der Waals surface area contributed by atoms with Gasteiger partial charge in [0.25, 0.3) is 0 Å². The Morgan fingerprint density at radius 2 is 2.14 bits per heavy atom. The second-order valence-corrected chi connectivity index (χ2v) is 4.94. The van der Waals surface area contributed by atoms with Crippen molar-refractivity contribution >= 4 is 5.91 Å². The molecule has 2 aromatic rings. The first-order valence-electron chi connectivity index (χ1n) is 6.91. The molecule has 6 nitrogen and oxygen atoms in total. The number of aromatic nitrogens is 3. The molecule has 1 amide bonds. The quantitative estimate of drug-likeness (QED) is 0.841. The summed E-state index contributed by atoms with van der Waals surface area (Å²) < 4.78 is 5.68. The zero-order valence-corrected chi connectivity index (χ0v) is 11.6. The summed E-state index contributed by atoms with van der Waals surface area (Å²) >= 11 is 0. The fraction of sp³-hybridized carbons (Fsp3) is 0.333.